The van der Waals surface area contributed by atoms with Crippen LogP contribution in [0.5, 0.6) is 0 Å². The van der Waals surface area contributed by atoms with Gasteiger partial charge in [0.05, 0.1) is 6.04 Å². The Morgan fingerprint density at radius 3 is 2.27 bits per heavy atom. The average molecular weight is 430 g/mol. The van der Waals surface area contributed by atoms with Crippen LogP contribution in [-0.2, 0) is 16.0 Å². The lowest BCUT2D eigenvalue weighted by atomic mass is 10.0. The number of rotatable bonds is 4. The van der Waals surface area contributed by atoms with Crippen molar-refractivity contribution in [1.29, 1.82) is 0 Å². The first-order chi connectivity index (χ1) is 14.3. The van der Waals surface area contributed by atoms with Crippen LogP contribution in [0.2, 0.25) is 0 Å². The molecule has 2 unspecified atom stereocenters. The molecule has 8 heteroatoms. The lowest BCUT2D eigenvalue weighted by Crippen LogP contribution is -2.42. The zero-order valence-corrected chi connectivity index (χ0v) is 18.6. The molecule has 1 aromatic rings. The predicted octanol–water partition coefficient (Wildman–Crippen LogP) is 3.50. The van der Waals surface area contributed by atoms with Gasteiger partial charge in [0.25, 0.3) is 0 Å². The fourth-order valence-electron chi connectivity index (χ4n) is 3.94. The van der Waals surface area contributed by atoms with Gasteiger partial charge >= 0.3 is 0 Å². The standard InChI is InChI=1S/C18H22F3N3O2.2C2H6/c1-10(25)23-8-11-2-3-24(17(11)9-23)18(26)6-13(22)4-12-5-15(20)16(21)7-14(12)19;2*1-2/h5,7,11,13,17H,2-4,6,8-9,22H2,1H3;2*1-2H3/t11-,13?,17?;;/m0../s1. The van der Waals surface area contributed by atoms with Crippen LogP contribution in [0.1, 0.15) is 53.0 Å². The normalized spacial score (nSPS) is 20.6. The second-order valence-corrected chi connectivity index (χ2v) is 7.15. The Labute approximate surface area is 177 Å². The number of carbonyl (C=O) groups is 2. The van der Waals surface area contributed by atoms with E-state index >= 15 is 0 Å². The van der Waals surface area contributed by atoms with Crippen LogP contribution in [-0.4, -0.2) is 53.3 Å². The van der Waals surface area contributed by atoms with Gasteiger partial charge in [0, 0.05) is 51.0 Å². The minimum atomic E-state index is -1.25. The van der Waals surface area contributed by atoms with Gasteiger partial charge in [-0.05, 0) is 24.5 Å². The summed E-state index contributed by atoms with van der Waals surface area (Å²) < 4.78 is 40.0. The summed E-state index contributed by atoms with van der Waals surface area (Å²) in [5.74, 6) is -3.15. The summed E-state index contributed by atoms with van der Waals surface area (Å²) in [7, 11) is 0. The van der Waals surface area contributed by atoms with Crippen molar-refractivity contribution in [3.05, 3.63) is 35.1 Å². The molecule has 0 aromatic heterocycles. The molecule has 2 N–H and O–H groups in total. The van der Waals surface area contributed by atoms with E-state index in [1.165, 1.54) is 6.92 Å². The topological polar surface area (TPSA) is 66.6 Å². The molecule has 3 atom stereocenters. The maximum atomic E-state index is 13.7. The number of fused-ring (bicyclic) bond motifs is 1. The summed E-state index contributed by atoms with van der Waals surface area (Å²) in [5, 5.41) is 0. The van der Waals surface area contributed by atoms with Gasteiger partial charge in [-0.3, -0.25) is 9.59 Å². The highest BCUT2D eigenvalue weighted by atomic mass is 19.2. The largest absolute Gasteiger partial charge is 0.341 e. The Morgan fingerprint density at radius 2 is 1.67 bits per heavy atom. The fraction of sp³-hybridized carbons (Fsp3) is 0.636. The van der Waals surface area contributed by atoms with Gasteiger partial charge < -0.3 is 15.5 Å². The van der Waals surface area contributed by atoms with Crippen molar-refractivity contribution in [2.45, 2.75) is 66.0 Å². The molecule has 3 rings (SSSR count). The van der Waals surface area contributed by atoms with E-state index in [2.05, 4.69) is 0 Å². The van der Waals surface area contributed by atoms with Gasteiger partial charge in [-0.25, -0.2) is 13.2 Å². The number of nitrogens with zero attached hydrogens (tertiary/aromatic N) is 2. The van der Waals surface area contributed by atoms with E-state index in [1.807, 2.05) is 27.7 Å². The monoisotopic (exact) mass is 429 g/mol. The van der Waals surface area contributed by atoms with Gasteiger partial charge in [-0.1, -0.05) is 27.7 Å². The maximum absolute atomic E-state index is 13.7. The highest BCUT2D eigenvalue weighted by Crippen LogP contribution is 2.32. The molecule has 0 spiro atoms. The molecular weight excluding hydrogens is 395 g/mol. The summed E-state index contributed by atoms with van der Waals surface area (Å²) in [4.78, 5) is 27.6. The first-order valence-corrected chi connectivity index (χ1v) is 10.7. The van der Waals surface area contributed by atoms with Crippen molar-refractivity contribution in [3.63, 3.8) is 0 Å². The van der Waals surface area contributed by atoms with E-state index < -0.39 is 23.5 Å². The zero-order valence-electron chi connectivity index (χ0n) is 18.6. The van der Waals surface area contributed by atoms with E-state index in [-0.39, 0.29) is 42.2 Å². The van der Waals surface area contributed by atoms with Gasteiger partial charge in [0.2, 0.25) is 11.8 Å². The Hall–Kier alpha value is -2.09. The summed E-state index contributed by atoms with van der Waals surface area (Å²) >= 11 is 0. The third-order valence-electron chi connectivity index (χ3n) is 5.32. The molecule has 170 valence electrons. The van der Waals surface area contributed by atoms with Crippen molar-refractivity contribution in [3.8, 4) is 0 Å². The molecule has 2 amide bonds. The first-order valence-electron chi connectivity index (χ1n) is 10.7. The van der Waals surface area contributed by atoms with Crippen molar-refractivity contribution >= 4 is 11.8 Å². The lowest BCUT2D eigenvalue weighted by Gasteiger charge is -2.26. The van der Waals surface area contributed by atoms with Crippen molar-refractivity contribution in [2.24, 2.45) is 11.7 Å². The van der Waals surface area contributed by atoms with Crippen LogP contribution in [0.4, 0.5) is 13.2 Å². The number of hydrogen-bond acceptors (Lipinski definition) is 3. The Morgan fingerprint density at radius 1 is 1.07 bits per heavy atom. The molecule has 0 radical (unpaired) electrons. The lowest BCUT2D eigenvalue weighted by molar-refractivity contribution is -0.134. The maximum Gasteiger partial charge on any atom is 0.224 e. The average Bonchev–Trinajstić information content (AvgIpc) is 3.30. The van der Waals surface area contributed by atoms with E-state index in [1.54, 1.807) is 9.80 Å². The number of halogens is 3. The third-order valence-corrected chi connectivity index (χ3v) is 5.32. The first kappa shape index (κ1) is 25.9. The summed E-state index contributed by atoms with van der Waals surface area (Å²) in [5.41, 5.74) is 5.90. The number of hydrogen-bond donors (Lipinski definition) is 1. The van der Waals surface area contributed by atoms with Crippen LogP contribution in [0.15, 0.2) is 12.1 Å². The zero-order chi connectivity index (χ0) is 23.0. The number of nitrogens with two attached hydrogens (primary N) is 1. The molecule has 1 aromatic carbocycles. The SMILES string of the molecule is CC.CC.CC(=O)N1CC2[C@@H](CCN2C(=O)CC(N)Cc2cc(F)c(F)cc2F)C1. The molecular formula is C22H34F3N3O2. The second kappa shape index (κ2) is 11.9. The van der Waals surface area contributed by atoms with Crippen LogP contribution in [0, 0.1) is 23.4 Å². The van der Waals surface area contributed by atoms with Gasteiger partial charge in [0.15, 0.2) is 11.6 Å². The van der Waals surface area contributed by atoms with Gasteiger partial charge in [0.1, 0.15) is 5.82 Å². The van der Waals surface area contributed by atoms with E-state index in [4.69, 9.17) is 5.73 Å². The predicted molar refractivity (Wildman–Crippen MR) is 111 cm³/mol. The molecule has 2 fully saturated rings. The third kappa shape index (κ3) is 6.20. The Kier molecular flexibility index (Phi) is 10.3. The Balaban J connectivity index is 0.00000106. The molecule has 2 saturated heterocycles. The minimum Gasteiger partial charge on any atom is -0.341 e. The van der Waals surface area contributed by atoms with Crippen LogP contribution < -0.4 is 5.73 Å². The number of likely N-dealkylation sites (tertiary alicyclic amines) is 2. The molecule has 0 bridgehead atoms. The molecule has 30 heavy (non-hydrogen) atoms. The van der Waals surface area contributed by atoms with E-state index in [9.17, 15) is 22.8 Å². The molecule has 2 aliphatic rings. The highest BCUT2D eigenvalue weighted by molar-refractivity contribution is 5.78. The minimum absolute atomic E-state index is 0.00129. The van der Waals surface area contributed by atoms with Crippen molar-refractivity contribution in [2.75, 3.05) is 19.6 Å². The van der Waals surface area contributed by atoms with E-state index in [0.29, 0.717) is 25.7 Å². The summed E-state index contributed by atoms with van der Waals surface area (Å²) in [6.07, 6.45) is 0.769. The number of benzene rings is 1. The van der Waals surface area contributed by atoms with E-state index in [0.717, 1.165) is 12.5 Å². The highest BCUT2D eigenvalue weighted by Gasteiger charge is 2.43. The molecule has 2 heterocycles. The Bertz CT molecular complexity index is 730. The van der Waals surface area contributed by atoms with Crippen molar-refractivity contribution < 1.29 is 22.8 Å². The fourth-order valence-corrected chi connectivity index (χ4v) is 3.94. The number of amides is 2. The molecule has 0 aliphatic carbocycles. The molecule has 0 saturated carbocycles. The summed E-state index contributed by atoms with van der Waals surface area (Å²) in [6, 6.07) is 0.562. The molecule has 2 aliphatic heterocycles. The second-order valence-electron chi connectivity index (χ2n) is 7.15. The van der Waals surface area contributed by atoms with Crippen molar-refractivity contribution in [1.82, 2.24) is 9.80 Å². The quantitative estimate of drug-likeness (QED) is 0.745. The van der Waals surface area contributed by atoms with Gasteiger partial charge in [-0.2, -0.15) is 0 Å². The molecule has 5 nitrogen and oxygen atoms in total. The summed E-state index contributed by atoms with van der Waals surface area (Å²) in [6.45, 7) is 11.3. The van der Waals surface area contributed by atoms with Crippen LogP contribution in [0.3, 0.4) is 0 Å². The van der Waals surface area contributed by atoms with Crippen LogP contribution in [0.25, 0.3) is 0 Å². The smallest absolute Gasteiger partial charge is 0.224 e. The van der Waals surface area contributed by atoms with Gasteiger partial charge in [-0.15, -0.1) is 0 Å². The number of carbonyl (C=O) groups excluding carboxylic acids is 2. The van der Waals surface area contributed by atoms with Crippen LogP contribution >= 0.6 is 0 Å².